The van der Waals surface area contributed by atoms with Crippen molar-refractivity contribution in [1.29, 1.82) is 0 Å². The number of halogens is 1. The molecule has 2 aliphatic carbocycles. The fourth-order valence-corrected chi connectivity index (χ4v) is 3.95. The lowest BCUT2D eigenvalue weighted by Gasteiger charge is -2.60. The number of hydrogen-bond donors (Lipinski definition) is 2. The first-order valence-corrected chi connectivity index (χ1v) is 8.23. The minimum absolute atomic E-state index is 0. The smallest absolute Gasteiger partial charge is 0.191 e. The van der Waals surface area contributed by atoms with Crippen LogP contribution in [0.25, 0.3) is 0 Å². The zero-order chi connectivity index (χ0) is 14.3. The molecule has 1 heterocycles. The molecule has 4 nitrogen and oxygen atoms in total. The van der Waals surface area contributed by atoms with Crippen molar-refractivity contribution in [3.05, 3.63) is 0 Å². The summed E-state index contributed by atoms with van der Waals surface area (Å²) in [5, 5.41) is 7.27. The molecule has 0 aromatic rings. The molecule has 0 radical (unpaired) electrons. The third-order valence-corrected chi connectivity index (χ3v) is 5.37. The highest BCUT2D eigenvalue weighted by molar-refractivity contribution is 14.0. The van der Waals surface area contributed by atoms with Crippen molar-refractivity contribution in [2.75, 3.05) is 13.2 Å². The molecule has 0 aromatic heterocycles. The van der Waals surface area contributed by atoms with Gasteiger partial charge in [-0.1, -0.05) is 20.8 Å². The average Bonchev–Trinajstić information content (AvgIpc) is 3.11. The average molecular weight is 407 g/mol. The molecule has 0 amide bonds. The second kappa shape index (κ2) is 6.60. The van der Waals surface area contributed by atoms with Crippen molar-refractivity contribution in [2.24, 2.45) is 22.2 Å². The lowest BCUT2D eigenvalue weighted by Crippen LogP contribution is -2.71. The van der Waals surface area contributed by atoms with Gasteiger partial charge in [0.2, 0.25) is 0 Å². The molecule has 5 atom stereocenters. The van der Waals surface area contributed by atoms with Gasteiger partial charge in [-0.05, 0) is 32.1 Å². The molecule has 0 spiro atoms. The van der Waals surface area contributed by atoms with E-state index in [0.29, 0.717) is 24.1 Å². The highest BCUT2D eigenvalue weighted by Gasteiger charge is 2.58. The first kappa shape index (κ1) is 17.3. The van der Waals surface area contributed by atoms with Crippen LogP contribution in [0.1, 0.15) is 47.0 Å². The summed E-state index contributed by atoms with van der Waals surface area (Å²) >= 11 is 0. The van der Waals surface area contributed by atoms with Crippen molar-refractivity contribution in [3.63, 3.8) is 0 Å². The predicted molar refractivity (Wildman–Crippen MR) is 97.3 cm³/mol. The van der Waals surface area contributed by atoms with Crippen LogP contribution in [0, 0.1) is 17.3 Å². The first-order valence-electron chi connectivity index (χ1n) is 8.23. The molecule has 2 N–H and O–H groups in total. The van der Waals surface area contributed by atoms with Crippen molar-refractivity contribution < 1.29 is 4.74 Å². The standard InChI is InChI=1S/C16H29N3O.HI/c1-5-17-15(18-12-9-10(12)2)19-13-11-7-6-8-20-14(11)16(13,3)4;/h10-14H,5-9H2,1-4H3,(H2,17,18,19);1H. The Bertz CT molecular complexity index is 399. The van der Waals surface area contributed by atoms with E-state index in [1.807, 2.05) is 0 Å². The number of nitrogens with one attached hydrogen (secondary N) is 2. The second-order valence-electron chi connectivity index (χ2n) is 7.33. The summed E-state index contributed by atoms with van der Waals surface area (Å²) in [5.41, 5.74) is 0.205. The Morgan fingerprint density at radius 3 is 2.67 bits per heavy atom. The van der Waals surface area contributed by atoms with Crippen LogP contribution in [-0.2, 0) is 4.74 Å². The summed E-state index contributed by atoms with van der Waals surface area (Å²) in [6, 6.07) is 1.11. The lowest BCUT2D eigenvalue weighted by atomic mass is 9.55. The van der Waals surface area contributed by atoms with Crippen LogP contribution in [0.5, 0.6) is 0 Å². The van der Waals surface area contributed by atoms with Crippen LogP contribution in [0.15, 0.2) is 4.99 Å². The van der Waals surface area contributed by atoms with E-state index in [1.54, 1.807) is 0 Å². The number of aliphatic imine (C=N–C) groups is 1. The van der Waals surface area contributed by atoms with E-state index in [2.05, 4.69) is 43.3 Å². The Hall–Kier alpha value is -0.0400. The molecule has 0 bridgehead atoms. The number of guanidine groups is 1. The maximum Gasteiger partial charge on any atom is 0.191 e. The van der Waals surface area contributed by atoms with E-state index in [-0.39, 0.29) is 29.4 Å². The van der Waals surface area contributed by atoms with Crippen molar-refractivity contribution >= 4 is 29.9 Å². The van der Waals surface area contributed by atoms with Gasteiger partial charge in [0.15, 0.2) is 5.96 Å². The topological polar surface area (TPSA) is 45.7 Å². The Balaban J connectivity index is 0.00000161. The summed E-state index contributed by atoms with van der Waals surface area (Å²) in [4.78, 5) is 4.62. The number of rotatable bonds is 3. The second-order valence-corrected chi connectivity index (χ2v) is 7.33. The number of hydrogen-bond acceptors (Lipinski definition) is 2. The SMILES string of the molecule is CCN=C(NC1CC1C)NC1C2CCCOC2C1(C)C.I. The van der Waals surface area contributed by atoms with E-state index < -0.39 is 0 Å². The Labute approximate surface area is 145 Å². The van der Waals surface area contributed by atoms with Gasteiger partial charge in [0.05, 0.1) is 6.10 Å². The van der Waals surface area contributed by atoms with Crippen LogP contribution >= 0.6 is 24.0 Å². The summed E-state index contributed by atoms with van der Waals surface area (Å²) < 4.78 is 5.97. The zero-order valence-electron chi connectivity index (χ0n) is 13.7. The van der Waals surface area contributed by atoms with E-state index in [1.165, 1.54) is 19.3 Å². The molecule has 122 valence electrons. The van der Waals surface area contributed by atoms with E-state index in [0.717, 1.165) is 25.0 Å². The third kappa shape index (κ3) is 3.33. The molecule has 1 saturated heterocycles. The highest BCUT2D eigenvalue weighted by atomic mass is 127. The van der Waals surface area contributed by atoms with Gasteiger partial charge in [-0.25, -0.2) is 0 Å². The van der Waals surface area contributed by atoms with E-state index in [9.17, 15) is 0 Å². The number of fused-ring (bicyclic) bond motifs is 1. The molecule has 5 unspecified atom stereocenters. The lowest BCUT2D eigenvalue weighted by molar-refractivity contribution is -0.188. The summed E-state index contributed by atoms with van der Waals surface area (Å²) in [6.07, 6.45) is 4.18. The van der Waals surface area contributed by atoms with Crippen molar-refractivity contribution in [3.8, 4) is 0 Å². The van der Waals surface area contributed by atoms with Gasteiger partial charge in [-0.3, -0.25) is 4.99 Å². The molecule has 2 saturated carbocycles. The molecule has 5 heteroatoms. The van der Waals surface area contributed by atoms with Gasteiger partial charge in [-0.15, -0.1) is 24.0 Å². The van der Waals surface area contributed by atoms with Gasteiger partial charge < -0.3 is 15.4 Å². The van der Waals surface area contributed by atoms with E-state index in [4.69, 9.17) is 4.74 Å². The van der Waals surface area contributed by atoms with Gasteiger partial charge >= 0.3 is 0 Å². The molecule has 3 fully saturated rings. The van der Waals surface area contributed by atoms with Gasteiger partial charge in [-0.2, -0.15) is 0 Å². The van der Waals surface area contributed by atoms with E-state index >= 15 is 0 Å². The summed E-state index contributed by atoms with van der Waals surface area (Å²) in [6.45, 7) is 10.8. The van der Waals surface area contributed by atoms with Crippen LogP contribution < -0.4 is 10.6 Å². The predicted octanol–water partition coefficient (Wildman–Crippen LogP) is 2.77. The minimum atomic E-state index is 0. The quantitative estimate of drug-likeness (QED) is 0.430. The number of nitrogens with zero attached hydrogens (tertiary/aromatic N) is 1. The van der Waals surface area contributed by atoms with Crippen LogP contribution in [-0.4, -0.2) is 37.3 Å². The van der Waals surface area contributed by atoms with Crippen LogP contribution in [0.3, 0.4) is 0 Å². The highest BCUT2D eigenvalue weighted by Crippen LogP contribution is 2.51. The maximum atomic E-state index is 5.97. The molecule has 0 aromatic carbocycles. The molecule has 3 aliphatic rings. The van der Waals surface area contributed by atoms with Crippen molar-refractivity contribution in [1.82, 2.24) is 10.6 Å². The molecular weight excluding hydrogens is 377 g/mol. The fraction of sp³-hybridized carbons (Fsp3) is 0.938. The molecule has 21 heavy (non-hydrogen) atoms. The van der Waals surface area contributed by atoms with Crippen molar-refractivity contribution in [2.45, 2.75) is 65.1 Å². The molecule has 1 aliphatic heterocycles. The summed E-state index contributed by atoms with van der Waals surface area (Å²) in [7, 11) is 0. The van der Waals surface area contributed by atoms with Crippen LogP contribution in [0.2, 0.25) is 0 Å². The zero-order valence-corrected chi connectivity index (χ0v) is 16.0. The first-order chi connectivity index (χ1) is 9.54. The largest absolute Gasteiger partial charge is 0.377 e. The summed E-state index contributed by atoms with van der Waals surface area (Å²) in [5.74, 6) is 2.45. The normalized spacial score (nSPS) is 40.4. The minimum Gasteiger partial charge on any atom is -0.377 e. The van der Waals surface area contributed by atoms with Gasteiger partial charge in [0.25, 0.3) is 0 Å². The monoisotopic (exact) mass is 407 g/mol. The van der Waals surface area contributed by atoms with Gasteiger partial charge in [0.1, 0.15) is 0 Å². The third-order valence-electron chi connectivity index (χ3n) is 5.37. The number of ether oxygens (including phenoxy) is 1. The van der Waals surface area contributed by atoms with Crippen LogP contribution in [0.4, 0.5) is 0 Å². The molecule has 3 rings (SSSR count). The maximum absolute atomic E-state index is 5.97. The Kier molecular flexibility index (Phi) is 5.45. The Morgan fingerprint density at radius 2 is 2.05 bits per heavy atom. The van der Waals surface area contributed by atoms with Gasteiger partial charge in [0, 0.05) is 36.6 Å². The Morgan fingerprint density at radius 1 is 1.33 bits per heavy atom. The molecular formula is C16H30IN3O. The fourth-order valence-electron chi connectivity index (χ4n) is 3.95.